The predicted octanol–water partition coefficient (Wildman–Crippen LogP) is 24.3. The average Bonchev–Trinajstić information content (AvgIpc) is 0.855. The van der Waals surface area contributed by atoms with Crippen molar-refractivity contribution in [3.8, 4) is 50.3 Å². The third-order valence-electron chi connectivity index (χ3n) is 19.0. The van der Waals surface area contributed by atoms with E-state index in [0.29, 0.717) is 0 Å². The molecule has 0 bridgehead atoms. The highest BCUT2D eigenvalue weighted by Gasteiger charge is 2.36. The molecule has 0 N–H and O–H groups in total. The van der Waals surface area contributed by atoms with Crippen molar-refractivity contribution < 1.29 is 18.0 Å². The van der Waals surface area contributed by atoms with Crippen LogP contribution in [0.3, 0.4) is 0 Å². The number of anilines is 6. The van der Waals surface area contributed by atoms with E-state index >= 15 is 0 Å². The first-order valence-corrected chi connectivity index (χ1v) is 31.4. The van der Waals surface area contributed by atoms with E-state index in [2.05, 4.69) is 307 Å². The molecule has 432 valence electrons. The topological polar surface area (TPSA) is 55.1 Å². The number of fused-ring (bicyclic) bond motifs is 14. The molecule has 92 heavy (non-hydrogen) atoms. The summed E-state index contributed by atoms with van der Waals surface area (Å²) in [4.78, 5) is 4.71. The van der Waals surface area contributed by atoms with Crippen LogP contribution in [0, 0.1) is 0 Å². The molecular formula is C86H54N2O4. The third-order valence-corrected chi connectivity index (χ3v) is 19.0. The van der Waals surface area contributed by atoms with Gasteiger partial charge in [-0.3, -0.25) is 0 Å². The monoisotopic (exact) mass is 1180 g/mol. The van der Waals surface area contributed by atoms with Crippen LogP contribution in [0.15, 0.2) is 329 Å². The standard InChI is InChI=1S/C86H54N2O4/c1-3-19-53(20-4-1)55-39-43-57(44-40-55)81-65-49-47-60(88(75-33-17-29-69-63-25-9-13-37-79(63)91-85(69)75)76-34-18-30-70-64-26-10-14-38-80(64)92-86(70)76)52-72(65)82(58-45-41-56(42-46-58)54-21-5-2-6-22-54)66-50-48-59(51-71(66)81)87(73-31-15-27-67-61-23-7-11-35-77(61)89-83(67)73)74-32-16-28-68-62-24-8-12-36-78(62)90-84(68)74/h1-52,61,77H. The number of ether oxygens (including phenoxy) is 1. The van der Waals surface area contributed by atoms with Crippen molar-refractivity contribution in [2.45, 2.75) is 12.0 Å². The fourth-order valence-electron chi connectivity index (χ4n) is 14.8. The van der Waals surface area contributed by atoms with Gasteiger partial charge < -0.3 is 27.8 Å². The average molecular weight is 1180 g/mol. The van der Waals surface area contributed by atoms with Crippen LogP contribution in [0.4, 0.5) is 34.1 Å². The van der Waals surface area contributed by atoms with Gasteiger partial charge in [0, 0.05) is 55.2 Å². The van der Waals surface area contributed by atoms with Gasteiger partial charge in [-0.05, 0) is 139 Å². The van der Waals surface area contributed by atoms with Crippen LogP contribution in [-0.4, -0.2) is 6.10 Å². The summed E-state index contributed by atoms with van der Waals surface area (Å²) in [6, 6.07) is 105. The van der Waals surface area contributed by atoms with Gasteiger partial charge in [-0.15, -0.1) is 0 Å². The molecule has 1 aliphatic carbocycles. The van der Waals surface area contributed by atoms with Crippen LogP contribution >= 0.6 is 0 Å². The van der Waals surface area contributed by atoms with Gasteiger partial charge in [0.25, 0.3) is 0 Å². The Balaban J connectivity index is 0.917. The lowest BCUT2D eigenvalue weighted by molar-refractivity contribution is 0.269. The van der Waals surface area contributed by atoms with Crippen molar-refractivity contribution in [1.29, 1.82) is 0 Å². The number of hydrogen-bond acceptors (Lipinski definition) is 6. The lowest BCUT2D eigenvalue weighted by Crippen LogP contribution is -2.16. The maximum atomic E-state index is 7.09. The SMILES string of the molecule is C1=CC2Oc3c(cccc3N(c3ccc4c(-c5ccc(-c6ccccc6)cc5)c5cc(N(c6cccc7c6oc6ccccc67)c6cccc7c6oc6ccccc67)ccc5c(-c5ccc(-c6ccccc6)cc5)c4c3)c3cccc4c3oc3ccccc34)C2C=C1. The minimum atomic E-state index is -0.122. The van der Waals surface area contributed by atoms with Gasteiger partial charge in [0.1, 0.15) is 28.6 Å². The number of rotatable bonds is 10. The molecule has 0 saturated carbocycles. The number of hydrogen-bond donors (Lipinski definition) is 0. The summed E-state index contributed by atoms with van der Waals surface area (Å²) in [6.45, 7) is 0. The maximum Gasteiger partial charge on any atom is 0.159 e. The second-order valence-electron chi connectivity index (χ2n) is 24.1. The summed E-state index contributed by atoms with van der Waals surface area (Å²) in [5, 5.41) is 10.6. The largest absolute Gasteiger partial charge is 0.483 e. The fraction of sp³-hybridized carbons (Fsp3) is 0.0233. The highest BCUT2D eigenvalue weighted by atomic mass is 16.5. The van der Waals surface area contributed by atoms with Crippen LogP contribution in [-0.2, 0) is 0 Å². The summed E-state index contributed by atoms with van der Waals surface area (Å²) < 4.78 is 28.0. The smallest absolute Gasteiger partial charge is 0.159 e. The van der Waals surface area contributed by atoms with E-state index in [0.717, 1.165) is 177 Å². The molecule has 0 radical (unpaired) electrons. The lowest BCUT2D eigenvalue weighted by atomic mass is 9.84. The molecule has 2 unspecified atom stereocenters. The van der Waals surface area contributed by atoms with Crippen molar-refractivity contribution in [3.05, 3.63) is 321 Å². The Morgan fingerprint density at radius 2 is 0.630 bits per heavy atom. The van der Waals surface area contributed by atoms with Crippen molar-refractivity contribution in [2.24, 2.45) is 0 Å². The minimum Gasteiger partial charge on any atom is -0.483 e. The molecule has 0 saturated heterocycles. The van der Waals surface area contributed by atoms with Gasteiger partial charge in [-0.25, -0.2) is 0 Å². The zero-order chi connectivity index (χ0) is 60.4. The van der Waals surface area contributed by atoms with Crippen LogP contribution in [0.5, 0.6) is 5.75 Å². The number of allylic oxidation sites excluding steroid dienone is 2. The molecule has 17 aromatic rings. The molecule has 14 aromatic carbocycles. The Morgan fingerprint density at radius 1 is 0.261 bits per heavy atom. The normalized spacial score (nSPS) is 14.3. The molecule has 0 fully saturated rings. The van der Waals surface area contributed by atoms with Crippen molar-refractivity contribution in [3.63, 3.8) is 0 Å². The zero-order valence-corrected chi connectivity index (χ0v) is 49.7. The second kappa shape index (κ2) is 20.7. The quantitative estimate of drug-likeness (QED) is 0.127. The van der Waals surface area contributed by atoms with Crippen LogP contribution in [0.25, 0.3) is 132 Å². The molecule has 0 spiro atoms. The van der Waals surface area contributed by atoms with Crippen molar-refractivity contribution in [1.82, 2.24) is 0 Å². The Bertz CT molecular complexity index is 5760. The van der Waals surface area contributed by atoms with Gasteiger partial charge in [0.05, 0.1) is 22.7 Å². The maximum absolute atomic E-state index is 7.09. The Hall–Kier alpha value is -12.1. The molecule has 1 aliphatic heterocycles. The molecule has 6 heteroatoms. The predicted molar refractivity (Wildman–Crippen MR) is 380 cm³/mol. The minimum absolute atomic E-state index is 0.0853. The van der Waals surface area contributed by atoms with Crippen molar-refractivity contribution in [2.75, 3.05) is 9.80 Å². The number of nitrogens with zero attached hydrogens (tertiary/aromatic N) is 2. The van der Waals surface area contributed by atoms with Crippen molar-refractivity contribution >= 4 is 121 Å². The van der Waals surface area contributed by atoms with E-state index < -0.39 is 0 Å². The highest BCUT2D eigenvalue weighted by molar-refractivity contribution is 6.24. The number of para-hydroxylation sites is 7. The van der Waals surface area contributed by atoms with E-state index in [-0.39, 0.29) is 12.0 Å². The van der Waals surface area contributed by atoms with E-state index in [1.807, 2.05) is 18.2 Å². The molecule has 2 atom stereocenters. The summed E-state index contributed by atoms with van der Waals surface area (Å²) in [5.74, 6) is 0.942. The first-order valence-electron chi connectivity index (χ1n) is 31.4. The van der Waals surface area contributed by atoms with Crippen LogP contribution in [0.1, 0.15) is 11.5 Å². The summed E-state index contributed by atoms with van der Waals surface area (Å²) in [6.07, 6.45) is 8.54. The number of benzene rings is 14. The van der Waals surface area contributed by atoms with Gasteiger partial charge in [0.2, 0.25) is 0 Å². The third kappa shape index (κ3) is 8.13. The van der Waals surface area contributed by atoms with Gasteiger partial charge >= 0.3 is 0 Å². The first kappa shape index (κ1) is 51.9. The van der Waals surface area contributed by atoms with Gasteiger partial charge in [-0.2, -0.15) is 0 Å². The van der Waals surface area contributed by atoms with Gasteiger partial charge in [0.15, 0.2) is 16.7 Å². The summed E-state index contributed by atoms with van der Waals surface area (Å²) >= 11 is 0. The molecule has 4 heterocycles. The Morgan fingerprint density at radius 3 is 1.10 bits per heavy atom. The van der Waals surface area contributed by atoms with Crippen LogP contribution < -0.4 is 14.5 Å². The lowest BCUT2D eigenvalue weighted by Gasteiger charge is -2.29. The molecular weight excluding hydrogens is 1120 g/mol. The van der Waals surface area contributed by atoms with Gasteiger partial charge in [-0.1, -0.05) is 243 Å². The van der Waals surface area contributed by atoms with E-state index in [1.54, 1.807) is 0 Å². The number of furan rings is 3. The van der Waals surface area contributed by atoms with Crippen LogP contribution in [0.2, 0.25) is 0 Å². The molecule has 3 aromatic heterocycles. The second-order valence-corrected chi connectivity index (χ2v) is 24.1. The molecule has 0 amide bonds. The fourth-order valence-corrected chi connectivity index (χ4v) is 14.8. The Labute approximate surface area is 529 Å². The summed E-state index contributed by atoms with van der Waals surface area (Å²) in [7, 11) is 0. The van der Waals surface area contributed by atoms with E-state index in [9.17, 15) is 0 Å². The Kier molecular flexibility index (Phi) is 11.7. The molecule has 2 aliphatic rings. The molecule has 6 nitrogen and oxygen atoms in total. The van der Waals surface area contributed by atoms with E-state index in [4.69, 9.17) is 18.0 Å². The first-order chi connectivity index (χ1) is 45.6. The summed E-state index contributed by atoms with van der Waals surface area (Å²) in [5.41, 5.74) is 20.5. The zero-order valence-electron chi connectivity index (χ0n) is 49.7. The highest BCUT2D eigenvalue weighted by Crippen LogP contribution is 2.55. The van der Waals surface area contributed by atoms with E-state index in [1.165, 1.54) is 0 Å². The molecule has 19 rings (SSSR count).